The number of hydrogen-bond acceptors (Lipinski definition) is 9. The fraction of sp³-hybridized carbons (Fsp3) is 0.160. The van der Waals surface area contributed by atoms with Crippen LogP contribution in [-0.2, 0) is 9.53 Å². The molecular formula is C25H19N3O6S2. The van der Waals surface area contributed by atoms with Gasteiger partial charge < -0.3 is 9.15 Å². The largest absolute Gasteiger partial charge is 0.463 e. The first-order valence-corrected chi connectivity index (χ1v) is 12.6. The molecule has 0 saturated carbocycles. The van der Waals surface area contributed by atoms with Crippen LogP contribution < -0.4 is 14.9 Å². The molecule has 11 heteroatoms. The Labute approximate surface area is 212 Å². The van der Waals surface area contributed by atoms with E-state index in [1.165, 1.54) is 39.4 Å². The number of aromatic nitrogens is 1. The quantitative estimate of drug-likeness (QED) is 0.215. The molecule has 0 fully saturated rings. The molecule has 1 aliphatic heterocycles. The summed E-state index contributed by atoms with van der Waals surface area (Å²) in [5, 5.41) is 12.8. The van der Waals surface area contributed by atoms with Crippen LogP contribution in [0, 0.1) is 10.1 Å². The van der Waals surface area contributed by atoms with Crippen LogP contribution in [0.1, 0.15) is 30.5 Å². The number of furan rings is 1. The third-order valence-corrected chi connectivity index (χ3v) is 7.50. The van der Waals surface area contributed by atoms with Crippen molar-refractivity contribution in [3.8, 4) is 11.3 Å². The van der Waals surface area contributed by atoms with Crippen molar-refractivity contribution in [2.45, 2.75) is 19.9 Å². The zero-order valence-electron chi connectivity index (χ0n) is 19.2. The summed E-state index contributed by atoms with van der Waals surface area (Å²) in [6.45, 7) is 3.69. The van der Waals surface area contributed by atoms with Crippen molar-refractivity contribution in [1.29, 1.82) is 0 Å². The van der Waals surface area contributed by atoms with Gasteiger partial charge in [0.25, 0.3) is 11.2 Å². The van der Waals surface area contributed by atoms with E-state index in [9.17, 15) is 19.7 Å². The minimum absolute atomic E-state index is 0.00980. The maximum absolute atomic E-state index is 13.5. The molecule has 0 bridgehead atoms. The molecule has 0 spiro atoms. The Kier molecular flexibility index (Phi) is 6.25. The topological polar surface area (TPSA) is 117 Å². The lowest BCUT2D eigenvalue weighted by molar-refractivity contribution is -0.384. The number of rotatable bonds is 6. The van der Waals surface area contributed by atoms with E-state index in [-0.39, 0.29) is 17.9 Å². The second kappa shape index (κ2) is 9.51. The van der Waals surface area contributed by atoms with E-state index >= 15 is 0 Å². The van der Waals surface area contributed by atoms with Crippen molar-refractivity contribution in [2.24, 2.45) is 4.99 Å². The lowest BCUT2D eigenvalue weighted by atomic mass is 10.0. The minimum Gasteiger partial charge on any atom is -0.463 e. The highest BCUT2D eigenvalue weighted by molar-refractivity contribution is 7.10. The lowest BCUT2D eigenvalue weighted by Crippen LogP contribution is -2.39. The molecule has 36 heavy (non-hydrogen) atoms. The molecule has 0 N–H and O–H groups in total. The molecule has 5 rings (SSSR count). The summed E-state index contributed by atoms with van der Waals surface area (Å²) in [6, 6.07) is 12.6. The van der Waals surface area contributed by atoms with E-state index in [0.29, 0.717) is 37.7 Å². The van der Waals surface area contributed by atoms with Gasteiger partial charge >= 0.3 is 5.97 Å². The van der Waals surface area contributed by atoms with Crippen LogP contribution in [0.4, 0.5) is 5.69 Å². The maximum Gasteiger partial charge on any atom is 0.338 e. The molecular weight excluding hydrogens is 502 g/mol. The molecule has 0 radical (unpaired) electrons. The number of thiophene rings is 1. The Morgan fingerprint density at radius 2 is 2.03 bits per heavy atom. The number of non-ortho nitro benzene ring substituents is 1. The number of nitro benzene ring substituents is 1. The lowest BCUT2D eigenvalue weighted by Gasteiger charge is -2.23. The number of ether oxygens (including phenoxy) is 1. The van der Waals surface area contributed by atoms with Gasteiger partial charge in [0.2, 0.25) is 0 Å². The van der Waals surface area contributed by atoms with Crippen molar-refractivity contribution in [2.75, 3.05) is 6.61 Å². The second-order valence-electron chi connectivity index (χ2n) is 7.82. The normalized spacial score (nSPS) is 15.5. The Morgan fingerprint density at radius 1 is 1.25 bits per heavy atom. The monoisotopic (exact) mass is 521 g/mol. The van der Waals surface area contributed by atoms with Gasteiger partial charge in [-0.05, 0) is 49.6 Å². The molecule has 1 aromatic carbocycles. The summed E-state index contributed by atoms with van der Waals surface area (Å²) in [7, 11) is 0. The van der Waals surface area contributed by atoms with Crippen molar-refractivity contribution in [1.82, 2.24) is 4.57 Å². The highest BCUT2D eigenvalue weighted by Crippen LogP contribution is 2.33. The fourth-order valence-corrected chi connectivity index (χ4v) is 5.82. The average molecular weight is 522 g/mol. The summed E-state index contributed by atoms with van der Waals surface area (Å²) < 4.78 is 13.1. The van der Waals surface area contributed by atoms with E-state index < -0.39 is 16.9 Å². The van der Waals surface area contributed by atoms with Crippen molar-refractivity contribution >= 4 is 40.4 Å². The van der Waals surface area contributed by atoms with Crippen LogP contribution in [0.15, 0.2) is 79.4 Å². The van der Waals surface area contributed by atoms with Gasteiger partial charge in [-0.25, -0.2) is 9.79 Å². The van der Waals surface area contributed by atoms with Crippen molar-refractivity contribution < 1.29 is 18.9 Å². The summed E-state index contributed by atoms with van der Waals surface area (Å²) in [5.74, 6) is 0.466. The zero-order chi connectivity index (χ0) is 25.4. The van der Waals surface area contributed by atoms with E-state index in [1.807, 2.05) is 17.5 Å². The first-order valence-electron chi connectivity index (χ1n) is 10.9. The molecule has 0 amide bonds. The fourth-order valence-electron chi connectivity index (χ4n) is 3.97. The Bertz CT molecular complexity index is 1670. The van der Waals surface area contributed by atoms with Gasteiger partial charge in [0.15, 0.2) is 4.80 Å². The Balaban J connectivity index is 1.57. The molecule has 9 nitrogen and oxygen atoms in total. The van der Waals surface area contributed by atoms with Gasteiger partial charge in [-0.2, -0.15) is 0 Å². The summed E-state index contributed by atoms with van der Waals surface area (Å²) >= 11 is 2.66. The third kappa shape index (κ3) is 4.23. The molecule has 1 atom stereocenters. The summed E-state index contributed by atoms with van der Waals surface area (Å²) in [6.07, 6.45) is 1.63. The first-order chi connectivity index (χ1) is 17.4. The van der Waals surface area contributed by atoms with E-state index in [1.54, 1.807) is 44.2 Å². The number of esters is 1. The minimum atomic E-state index is -0.630. The highest BCUT2D eigenvalue weighted by Gasteiger charge is 2.33. The first kappa shape index (κ1) is 23.6. The van der Waals surface area contributed by atoms with Crippen LogP contribution in [0.2, 0.25) is 0 Å². The SMILES string of the molecule is CCOC(=O)C1=C(C)N=c2s/c(=C/c3ccc(-c4ccc([N+](=O)[O-])cc4)o3)c(=O)n2[C@H]1c1cccs1. The van der Waals surface area contributed by atoms with Crippen molar-refractivity contribution in [3.63, 3.8) is 0 Å². The standard InChI is InChI=1S/C25H19N3O6S2/c1-3-33-24(30)21-14(2)26-25-27(22(21)19-5-4-12-35-19)23(29)20(36-25)13-17-10-11-18(34-17)15-6-8-16(9-7-15)28(31)32/h4-13,22H,3H2,1-2H3/b20-13+/t22-/m0/s1. The van der Waals surface area contributed by atoms with Gasteiger partial charge in [-0.15, -0.1) is 11.3 Å². The van der Waals surface area contributed by atoms with Gasteiger partial charge in [-0.3, -0.25) is 19.5 Å². The van der Waals surface area contributed by atoms with Crippen LogP contribution in [0.5, 0.6) is 0 Å². The molecule has 4 heterocycles. The molecule has 4 aromatic rings. The predicted octanol–water partition coefficient (Wildman–Crippen LogP) is 4.03. The molecule has 0 unspecified atom stereocenters. The maximum atomic E-state index is 13.5. The molecule has 1 aliphatic rings. The predicted molar refractivity (Wildman–Crippen MR) is 136 cm³/mol. The number of nitro groups is 1. The smallest absolute Gasteiger partial charge is 0.338 e. The van der Waals surface area contributed by atoms with Gasteiger partial charge in [0.05, 0.1) is 27.3 Å². The van der Waals surface area contributed by atoms with Crippen LogP contribution >= 0.6 is 22.7 Å². The number of allylic oxidation sites excluding steroid dienone is 1. The van der Waals surface area contributed by atoms with Gasteiger partial charge in [-0.1, -0.05) is 17.4 Å². The number of benzene rings is 1. The van der Waals surface area contributed by atoms with E-state index in [0.717, 1.165) is 4.88 Å². The van der Waals surface area contributed by atoms with E-state index in [4.69, 9.17) is 9.15 Å². The van der Waals surface area contributed by atoms with Gasteiger partial charge in [0, 0.05) is 28.6 Å². The number of thiazole rings is 1. The molecule has 0 aliphatic carbocycles. The van der Waals surface area contributed by atoms with Gasteiger partial charge in [0.1, 0.15) is 17.6 Å². The van der Waals surface area contributed by atoms with E-state index in [2.05, 4.69) is 4.99 Å². The highest BCUT2D eigenvalue weighted by atomic mass is 32.1. The second-order valence-corrected chi connectivity index (χ2v) is 9.81. The Morgan fingerprint density at radius 3 is 2.69 bits per heavy atom. The van der Waals surface area contributed by atoms with Crippen LogP contribution in [0.3, 0.4) is 0 Å². The number of fused-ring (bicyclic) bond motifs is 1. The number of carbonyl (C=O) groups is 1. The number of carbonyl (C=O) groups excluding carboxylic acids is 1. The van der Waals surface area contributed by atoms with Crippen LogP contribution in [-0.4, -0.2) is 22.1 Å². The summed E-state index contributed by atoms with van der Waals surface area (Å²) in [4.78, 5) is 42.7. The van der Waals surface area contributed by atoms with Crippen molar-refractivity contribution in [3.05, 3.63) is 106 Å². The third-order valence-electron chi connectivity index (χ3n) is 5.59. The van der Waals surface area contributed by atoms with Crippen LogP contribution in [0.25, 0.3) is 17.4 Å². The number of hydrogen-bond donors (Lipinski definition) is 0. The molecule has 0 saturated heterocycles. The molecule has 3 aromatic heterocycles. The molecule has 182 valence electrons. The average Bonchev–Trinajstić information content (AvgIpc) is 3.60. The zero-order valence-corrected chi connectivity index (χ0v) is 20.8. The number of nitrogens with zero attached hydrogens (tertiary/aromatic N) is 3. The summed E-state index contributed by atoms with van der Waals surface area (Å²) in [5.41, 5.74) is 1.23. The Hall–Kier alpha value is -4.09.